The third-order valence-corrected chi connectivity index (χ3v) is 3.23. The van der Waals surface area contributed by atoms with E-state index in [1.165, 1.54) is 11.3 Å². The number of hydrogen-bond donors (Lipinski definition) is 1. The Balaban J connectivity index is 2.37. The molecule has 15 heavy (non-hydrogen) atoms. The molecule has 0 aliphatic carbocycles. The SMILES string of the molecule is Cc1cccc(-c2ncc(C(C)O)s2)n1. The molecule has 0 amide bonds. The third kappa shape index (κ3) is 2.22. The summed E-state index contributed by atoms with van der Waals surface area (Å²) in [4.78, 5) is 9.50. The third-order valence-electron chi connectivity index (χ3n) is 2.04. The molecular formula is C11H12N2OS. The Morgan fingerprint density at radius 1 is 1.40 bits per heavy atom. The Morgan fingerprint density at radius 2 is 2.20 bits per heavy atom. The summed E-state index contributed by atoms with van der Waals surface area (Å²) in [7, 11) is 0. The van der Waals surface area contributed by atoms with Gasteiger partial charge < -0.3 is 5.11 Å². The fourth-order valence-corrected chi connectivity index (χ4v) is 2.08. The first-order valence-corrected chi connectivity index (χ1v) is 5.56. The lowest BCUT2D eigenvalue weighted by molar-refractivity contribution is 0.203. The van der Waals surface area contributed by atoms with Gasteiger partial charge in [-0.05, 0) is 26.0 Å². The van der Waals surface area contributed by atoms with Gasteiger partial charge in [-0.2, -0.15) is 0 Å². The van der Waals surface area contributed by atoms with Crippen LogP contribution in [0.2, 0.25) is 0 Å². The number of aliphatic hydroxyl groups excluding tert-OH is 1. The highest BCUT2D eigenvalue weighted by molar-refractivity contribution is 7.15. The van der Waals surface area contributed by atoms with Crippen LogP contribution in [0, 0.1) is 6.92 Å². The predicted octanol–water partition coefficient (Wildman–Crippen LogP) is 2.57. The Bertz CT molecular complexity index is 465. The largest absolute Gasteiger partial charge is 0.388 e. The van der Waals surface area contributed by atoms with Crippen molar-refractivity contribution in [3.8, 4) is 10.7 Å². The number of nitrogens with zero attached hydrogens (tertiary/aromatic N) is 2. The number of aliphatic hydroxyl groups is 1. The molecule has 1 unspecified atom stereocenters. The highest BCUT2D eigenvalue weighted by Crippen LogP contribution is 2.27. The highest BCUT2D eigenvalue weighted by Gasteiger charge is 2.09. The van der Waals surface area contributed by atoms with Crippen LogP contribution in [-0.4, -0.2) is 15.1 Å². The van der Waals surface area contributed by atoms with Crippen molar-refractivity contribution in [3.63, 3.8) is 0 Å². The summed E-state index contributed by atoms with van der Waals surface area (Å²) < 4.78 is 0. The van der Waals surface area contributed by atoms with Gasteiger partial charge in [0.2, 0.25) is 0 Å². The lowest BCUT2D eigenvalue weighted by Gasteiger charge is -1.97. The van der Waals surface area contributed by atoms with E-state index in [2.05, 4.69) is 9.97 Å². The van der Waals surface area contributed by atoms with E-state index >= 15 is 0 Å². The molecule has 2 aromatic rings. The zero-order valence-electron chi connectivity index (χ0n) is 8.64. The van der Waals surface area contributed by atoms with Gasteiger partial charge in [-0.3, -0.25) is 4.98 Å². The van der Waals surface area contributed by atoms with Crippen molar-refractivity contribution < 1.29 is 5.11 Å². The monoisotopic (exact) mass is 220 g/mol. The van der Waals surface area contributed by atoms with E-state index in [-0.39, 0.29) is 0 Å². The van der Waals surface area contributed by atoms with E-state index in [1.54, 1.807) is 13.1 Å². The lowest BCUT2D eigenvalue weighted by atomic mass is 10.3. The van der Waals surface area contributed by atoms with Crippen molar-refractivity contribution in [2.75, 3.05) is 0 Å². The maximum Gasteiger partial charge on any atom is 0.142 e. The number of aromatic nitrogens is 2. The van der Waals surface area contributed by atoms with Crippen LogP contribution in [0.4, 0.5) is 0 Å². The van der Waals surface area contributed by atoms with E-state index in [9.17, 15) is 5.11 Å². The summed E-state index contributed by atoms with van der Waals surface area (Å²) in [6.07, 6.45) is 1.25. The summed E-state index contributed by atoms with van der Waals surface area (Å²) in [6, 6.07) is 5.84. The first-order chi connectivity index (χ1) is 7.16. The lowest BCUT2D eigenvalue weighted by Crippen LogP contribution is -1.84. The zero-order chi connectivity index (χ0) is 10.8. The highest BCUT2D eigenvalue weighted by atomic mass is 32.1. The minimum absolute atomic E-state index is 0.457. The number of hydrogen-bond acceptors (Lipinski definition) is 4. The van der Waals surface area contributed by atoms with Gasteiger partial charge >= 0.3 is 0 Å². The van der Waals surface area contributed by atoms with Crippen molar-refractivity contribution in [1.29, 1.82) is 0 Å². The van der Waals surface area contributed by atoms with Gasteiger partial charge in [0, 0.05) is 11.9 Å². The Kier molecular flexibility index (Phi) is 2.79. The van der Waals surface area contributed by atoms with Crippen LogP contribution in [0.1, 0.15) is 23.6 Å². The molecule has 1 atom stereocenters. The van der Waals surface area contributed by atoms with E-state index in [0.29, 0.717) is 0 Å². The molecule has 2 heterocycles. The summed E-state index contributed by atoms with van der Waals surface area (Å²) in [5.74, 6) is 0. The van der Waals surface area contributed by atoms with Crippen LogP contribution in [0.25, 0.3) is 10.7 Å². The van der Waals surface area contributed by atoms with E-state index < -0.39 is 6.10 Å². The van der Waals surface area contributed by atoms with Crippen LogP contribution in [0.3, 0.4) is 0 Å². The van der Waals surface area contributed by atoms with Gasteiger partial charge in [0.05, 0.1) is 16.7 Å². The van der Waals surface area contributed by atoms with Gasteiger partial charge in [-0.25, -0.2) is 4.98 Å². The Labute approximate surface area is 92.5 Å². The summed E-state index contributed by atoms with van der Waals surface area (Å²) in [5.41, 5.74) is 1.84. The molecule has 0 spiro atoms. The van der Waals surface area contributed by atoms with Crippen molar-refractivity contribution in [1.82, 2.24) is 9.97 Å². The molecule has 0 aliphatic heterocycles. The standard InChI is InChI=1S/C11H12N2OS/c1-7-4-3-5-9(13-7)11-12-6-10(15-11)8(2)14/h3-6,8,14H,1-2H3. The molecular weight excluding hydrogens is 208 g/mol. The molecule has 0 aromatic carbocycles. The molecule has 2 rings (SSSR count). The molecule has 0 saturated heterocycles. The topological polar surface area (TPSA) is 46.0 Å². The predicted molar refractivity (Wildman–Crippen MR) is 60.7 cm³/mol. The molecule has 0 aliphatic rings. The summed E-state index contributed by atoms with van der Waals surface area (Å²) in [6.45, 7) is 3.69. The maximum atomic E-state index is 9.39. The minimum atomic E-state index is -0.457. The maximum absolute atomic E-state index is 9.39. The summed E-state index contributed by atoms with van der Waals surface area (Å²) in [5, 5.41) is 10.2. The number of pyridine rings is 1. The second-order valence-electron chi connectivity index (χ2n) is 3.41. The van der Waals surface area contributed by atoms with Gasteiger partial charge in [-0.1, -0.05) is 6.07 Å². The van der Waals surface area contributed by atoms with Crippen molar-refractivity contribution in [2.24, 2.45) is 0 Å². The molecule has 2 aromatic heterocycles. The molecule has 1 N–H and O–H groups in total. The normalized spacial score (nSPS) is 12.7. The van der Waals surface area contributed by atoms with Gasteiger partial charge in [0.15, 0.2) is 0 Å². The van der Waals surface area contributed by atoms with Gasteiger partial charge in [-0.15, -0.1) is 11.3 Å². The van der Waals surface area contributed by atoms with Crippen LogP contribution >= 0.6 is 11.3 Å². The van der Waals surface area contributed by atoms with Crippen LogP contribution < -0.4 is 0 Å². The molecule has 0 saturated carbocycles. The first-order valence-electron chi connectivity index (χ1n) is 4.74. The van der Waals surface area contributed by atoms with E-state index in [0.717, 1.165) is 21.3 Å². The fraction of sp³-hybridized carbons (Fsp3) is 0.273. The molecule has 0 radical (unpaired) electrons. The smallest absolute Gasteiger partial charge is 0.142 e. The molecule has 0 fully saturated rings. The number of rotatable bonds is 2. The second-order valence-corrected chi connectivity index (χ2v) is 4.47. The molecule has 4 heteroatoms. The van der Waals surface area contributed by atoms with E-state index in [4.69, 9.17) is 0 Å². The van der Waals surface area contributed by atoms with Gasteiger partial charge in [0.25, 0.3) is 0 Å². The average Bonchev–Trinajstić information content (AvgIpc) is 2.66. The average molecular weight is 220 g/mol. The van der Waals surface area contributed by atoms with Crippen LogP contribution in [0.15, 0.2) is 24.4 Å². The van der Waals surface area contributed by atoms with Crippen molar-refractivity contribution in [3.05, 3.63) is 35.0 Å². The number of thiazole rings is 1. The van der Waals surface area contributed by atoms with E-state index in [1.807, 2.05) is 25.1 Å². The quantitative estimate of drug-likeness (QED) is 0.846. The fourth-order valence-electron chi connectivity index (χ4n) is 1.26. The van der Waals surface area contributed by atoms with Gasteiger partial charge in [0.1, 0.15) is 5.01 Å². The Morgan fingerprint density at radius 3 is 2.80 bits per heavy atom. The van der Waals surface area contributed by atoms with Crippen molar-refractivity contribution >= 4 is 11.3 Å². The minimum Gasteiger partial charge on any atom is -0.388 e. The molecule has 0 bridgehead atoms. The Hall–Kier alpha value is -1.26. The van der Waals surface area contributed by atoms with Crippen molar-refractivity contribution in [2.45, 2.75) is 20.0 Å². The molecule has 78 valence electrons. The zero-order valence-corrected chi connectivity index (χ0v) is 9.45. The second kappa shape index (κ2) is 4.08. The first kappa shape index (κ1) is 10.3. The van der Waals surface area contributed by atoms with Crippen LogP contribution in [0.5, 0.6) is 0 Å². The molecule has 3 nitrogen and oxygen atoms in total. The summed E-state index contributed by atoms with van der Waals surface area (Å²) >= 11 is 1.48. The van der Waals surface area contributed by atoms with Crippen LogP contribution in [-0.2, 0) is 0 Å². The number of aryl methyl sites for hydroxylation is 1.